The van der Waals surface area contributed by atoms with Crippen LogP contribution in [0.4, 0.5) is 5.95 Å². The number of thiophene rings is 1. The summed E-state index contributed by atoms with van der Waals surface area (Å²) in [5.41, 5.74) is 6.33. The Morgan fingerprint density at radius 2 is 2.05 bits per heavy atom. The van der Waals surface area contributed by atoms with Crippen molar-refractivity contribution in [1.29, 1.82) is 0 Å². The van der Waals surface area contributed by atoms with Gasteiger partial charge in [0.1, 0.15) is 0 Å². The zero-order chi connectivity index (χ0) is 25.9. The van der Waals surface area contributed by atoms with Crippen molar-refractivity contribution in [3.63, 3.8) is 0 Å². The molecule has 2 fully saturated rings. The summed E-state index contributed by atoms with van der Waals surface area (Å²) in [7, 11) is 0. The molecule has 0 aliphatic heterocycles. The molecule has 4 N–H and O–H groups in total. The molecule has 13 heteroatoms. The maximum atomic E-state index is 12.2. The summed E-state index contributed by atoms with van der Waals surface area (Å²) >= 11 is 7.57. The third-order valence-electron chi connectivity index (χ3n) is 6.83. The lowest BCUT2D eigenvalue weighted by molar-refractivity contribution is -0.143. The fraction of sp³-hybridized carbons (Fsp3) is 0.500. The van der Waals surface area contributed by atoms with Crippen LogP contribution in [-0.2, 0) is 17.8 Å². The van der Waals surface area contributed by atoms with Crippen molar-refractivity contribution in [2.75, 3.05) is 5.32 Å². The Morgan fingerprint density at radius 3 is 2.78 bits per heavy atom. The quantitative estimate of drug-likeness (QED) is 0.333. The van der Waals surface area contributed by atoms with Crippen molar-refractivity contribution in [3.05, 3.63) is 33.7 Å². The predicted molar refractivity (Wildman–Crippen MR) is 136 cm³/mol. The van der Waals surface area contributed by atoms with E-state index in [4.69, 9.17) is 26.6 Å². The second-order valence-electron chi connectivity index (χ2n) is 9.48. The van der Waals surface area contributed by atoms with E-state index in [-0.39, 0.29) is 23.4 Å². The molecule has 0 saturated heterocycles. The average molecular weight is 547 g/mol. The topological polar surface area (TPSA) is 166 Å². The first-order chi connectivity index (χ1) is 17.9. The van der Waals surface area contributed by atoms with Crippen LogP contribution in [0.1, 0.15) is 66.9 Å². The number of nitrogens with two attached hydrogens (primary N) is 1. The normalized spacial score (nSPS) is 19.8. The van der Waals surface area contributed by atoms with Crippen LogP contribution >= 0.6 is 22.9 Å². The zero-order valence-electron chi connectivity index (χ0n) is 20.0. The summed E-state index contributed by atoms with van der Waals surface area (Å²) in [5, 5.41) is 16.5. The lowest BCUT2D eigenvalue weighted by Gasteiger charge is -2.27. The Balaban J connectivity index is 1.30. The third-order valence-corrected chi connectivity index (χ3v) is 8.13. The first-order valence-electron chi connectivity index (χ1n) is 12.3. The van der Waals surface area contributed by atoms with Gasteiger partial charge in [-0.25, -0.2) is 9.97 Å². The number of aromatic nitrogens is 4. The summed E-state index contributed by atoms with van der Waals surface area (Å²) < 4.78 is 11.8. The SMILES string of the molecule is NC(=O)c1nc(-c2sc(Cl)cc2CNc2noc(CC3CCC3)n2)ncc1O[C@H]1CCC[C@H](C(=O)O)C1. The number of anilines is 1. The average Bonchev–Trinajstić information content (AvgIpc) is 3.46. The van der Waals surface area contributed by atoms with E-state index in [9.17, 15) is 14.7 Å². The molecule has 11 nitrogen and oxygen atoms in total. The van der Waals surface area contributed by atoms with E-state index in [0.717, 1.165) is 18.4 Å². The maximum absolute atomic E-state index is 12.2. The molecular weight excluding hydrogens is 520 g/mol. The number of primary amides is 1. The molecule has 3 aromatic heterocycles. The van der Waals surface area contributed by atoms with Crippen LogP contribution in [0.15, 0.2) is 16.8 Å². The van der Waals surface area contributed by atoms with Gasteiger partial charge >= 0.3 is 5.97 Å². The summed E-state index contributed by atoms with van der Waals surface area (Å²) in [6.45, 7) is 0.340. The van der Waals surface area contributed by atoms with Gasteiger partial charge in [-0.1, -0.05) is 18.0 Å². The monoisotopic (exact) mass is 546 g/mol. The third kappa shape index (κ3) is 6.02. The number of aliphatic carboxylic acids is 1. The van der Waals surface area contributed by atoms with E-state index >= 15 is 0 Å². The van der Waals surface area contributed by atoms with Crippen LogP contribution in [0.2, 0.25) is 4.34 Å². The Morgan fingerprint density at radius 1 is 1.24 bits per heavy atom. The molecule has 3 aromatic rings. The van der Waals surface area contributed by atoms with Crippen molar-refractivity contribution in [1.82, 2.24) is 20.1 Å². The fourth-order valence-corrected chi connectivity index (χ4v) is 5.85. The van der Waals surface area contributed by atoms with E-state index in [2.05, 4.69) is 25.4 Å². The molecule has 0 spiro atoms. The summed E-state index contributed by atoms with van der Waals surface area (Å²) in [6.07, 6.45) is 7.84. The van der Waals surface area contributed by atoms with Gasteiger partial charge in [0.25, 0.3) is 11.9 Å². The molecule has 0 aromatic carbocycles. The number of hydrogen-bond donors (Lipinski definition) is 3. The van der Waals surface area contributed by atoms with E-state index in [0.29, 0.717) is 52.8 Å². The van der Waals surface area contributed by atoms with Gasteiger partial charge in [0.2, 0.25) is 5.89 Å². The summed E-state index contributed by atoms with van der Waals surface area (Å²) in [5.74, 6) is -0.0473. The van der Waals surface area contributed by atoms with Gasteiger partial charge in [0.15, 0.2) is 17.3 Å². The number of halogens is 1. The van der Waals surface area contributed by atoms with Gasteiger partial charge in [-0.05, 0) is 61.2 Å². The standard InChI is InChI=1S/C24H27ClN6O5S/c25-17-9-14(10-28-24-29-18(36-31-24)7-12-3-1-4-12)20(37-17)22-27-11-16(19(30-22)21(26)32)35-15-6-2-5-13(8-15)23(33)34/h9,11-13,15H,1-8,10H2,(H2,26,32)(H,28,31)(H,33,34)/t13-,15-/m0/s1. The van der Waals surface area contributed by atoms with Crippen LogP contribution < -0.4 is 15.8 Å². The second kappa shape index (κ2) is 11.0. The minimum atomic E-state index is -0.846. The number of amides is 1. The number of carbonyl (C=O) groups is 2. The molecule has 2 aliphatic rings. The highest BCUT2D eigenvalue weighted by Gasteiger charge is 2.29. The number of carbonyl (C=O) groups excluding carboxylic acids is 1. The molecule has 2 aliphatic carbocycles. The van der Waals surface area contributed by atoms with Crippen molar-refractivity contribution in [2.24, 2.45) is 17.6 Å². The molecular formula is C24H27ClN6O5S. The molecule has 2 saturated carbocycles. The van der Waals surface area contributed by atoms with Gasteiger partial charge in [0.05, 0.1) is 27.4 Å². The van der Waals surface area contributed by atoms with Gasteiger partial charge < -0.3 is 25.4 Å². The molecule has 5 rings (SSSR count). The highest BCUT2D eigenvalue weighted by Crippen LogP contribution is 2.36. The lowest BCUT2D eigenvalue weighted by atomic mass is 9.83. The van der Waals surface area contributed by atoms with E-state index in [1.165, 1.54) is 36.8 Å². The minimum absolute atomic E-state index is 0.0651. The Hall–Kier alpha value is -3.25. The molecule has 2 atom stereocenters. The number of hydrogen-bond acceptors (Lipinski definition) is 10. The van der Waals surface area contributed by atoms with Gasteiger partial charge in [0, 0.05) is 13.0 Å². The van der Waals surface area contributed by atoms with Crippen LogP contribution in [0, 0.1) is 11.8 Å². The summed E-state index contributed by atoms with van der Waals surface area (Å²) in [6, 6.07) is 1.79. The second-order valence-corrected chi connectivity index (χ2v) is 11.2. The molecule has 1 amide bonds. The minimum Gasteiger partial charge on any atom is -0.486 e. The molecule has 196 valence electrons. The molecule has 37 heavy (non-hydrogen) atoms. The molecule has 0 bridgehead atoms. The van der Waals surface area contributed by atoms with Gasteiger partial charge in [-0.3, -0.25) is 9.59 Å². The van der Waals surface area contributed by atoms with Crippen molar-refractivity contribution >= 4 is 40.8 Å². The summed E-state index contributed by atoms with van der Waals surface area (Å²) in [4.78, 5) is 37.5. The van der Waals surface area contributed by atoms with Crippen LogP contribution in [-0.4, -0.2) is 43.2 Å². The van der Waals surface area contributed by atoms with Crippen molar-refractivity contribution in [2.45, 2.75) is 64.0 Å². The van der Waals surface area contributed by atoms with Crippen molar-refractivity contribution in [3.8, 4) is 16.5 Å². The van der Waals surface area contributed by atoms with Crippen LogP contribution in [0.3, 0.4) is 0 Å². The highest BCUT2D eigenvalue weighted by atomic mass is 35.5. The number of nitrogens with one attached hydrogen (secondary N) is 1. The van der Waals surface area contributed by atoms with E-state index in [1.807, 2.05) is 0 Å². The molecule has 0 unspecified atom stereocenters. The Bertz CT molecular complexity index is 1290. The zero-order valence-corrected chi connectivity index (χ0v) is 21.6. The smallest absolute Gasteiger partial charge is 0.306 e. The fourth-order valence-electron chi connectivity index (χ4n) is 4.64. The first-order valence-corrected chi connectivity index (χ1v) is 13.5. The number of nitrogens with zero attached hydrogens (tertiary/aromatic N) is 4. The van der Waals surface area contributed by atoms with E-state index in [1.54, 1.807) is 6.07 Å². The van der Waals surface area contributed by atoms with Gasteiger partial charge in [-0.15, -0.1) is 11.3 Å². The predicted octanol–water partition coefficient (Wildman–Crippen LogP) is 4.32. The van der Waals surface area contributed by atoms with Crippen LogP contribution in [0.5, 0.6) is 5.75 Å². The first kappa shape index (κ1) is 25.4. The number of carboxylic acid groups (broad SMARTS) is 1. The number of carboxylic acids is 1. The lowest BCUT2D eigenvalue weighted by Crippen LogP contribution is -2.30. The Kier molecular flexibility index (Phi) is 7.56. The largest absolute Gasteiger partial charge is 0.486 e. The number of ether oxygens (including phenoxy) is 1. The number of rotatable bonds is 10. The van der Waals surface area contributed by atoms with Crippen LogP contribution in [0.25, 0.3) is 10.7 Å². The highest BCUT2D eigenvalue weighted by molar-refractivity contribution is 7.19. The Labute approximate surface area is 221 Å². The van der Waals surface area contributed by atoms with Gasteiger partial charge in [-0.2, -0.15) is 4.98 Å². The maximum Gasteiger partial charge on any atom is 0.306 e. The molecule has 0 radical (unpaired) electrons. The molecule has 3 heterocycles. The van der Waals surface area contributed by atoms with E-state index < -0.39 is 17.8 Å². The van der Waals surface area contributed by atoms with Crippen molar-refractivity contribution < 1.29 is 24.0 Å².